The lowest BCUT2D eigenvalue weighted by Crippen LogP contribution is -2.26. The second-order valence-electron chi connectivity index (χ2n) is 5.00. The van der Waals surface area contributed by atoms with Gasteiger partial charge in [-0.05, 0) is 12.1 Å². The molecule has 2 aromatic carbocycles. The van der Waals surface area contributed by atoms with Crippen LogP contribution >= 0.6 is 0 Å². The third-order valence-electron chi connectivity index (χ3n) is 3.46. The Hall–Kier alpha value is -3.73. The molecule has 0 radical (unpaired) electrons. The summed E-state index contributed by atoms with van der Waals surface area (Å²) in [7, 11) is 0. The average Bonchev–Trinajstić information content (AvgIpc) is 3.02. The number of fused-ring (bicyclic) bond motifs is 1. The number of amides is 1. The molecule has 0 unspecified atom stereocenters. The molecule has 0 saturated carbocycles. The SMILES string of the molecule is N#Cc1cc(C(=O)NCn2ncc3ccccc32)cc([N+](=O)[O-])c1. The van der Waals surface area contributed by atoms with Crippen molar-refractivity contribution in [2.24, 2.45) is 0 Å². The number of non-ortho nitro benzene ring substituents is 1. The molecule has 118 valence electrons. The van der Waals surface area contributed by atoms with E-state index in [-0.39, 0.29) is 23.5 Å². The Bertz CT molecular complexity index is 987. The second kappa shape index (κ2) is 6.18. The highest BCUT2D eigenvalue weighted by Gasteiger charge is 2.14. The third-order valence-corrected chi connectivity index (χ3v) is 3.46. The first-order valence-corrected chi connectivity index (χ1v) is 6.97. The van der Waals surface area contributed by atoms with E-state index in [4.69, 9.17) is 5.26 Å². The molecule has 0 aliphatic carbocycles. The lowest BCUT2D eigenvalue weighted by molar-refractivity contribution is -0.384. The van der Waals surface area contributed by atoms with Gasteiger partial charge >= 0.3 is 0 Å². The Balaban J connectivity index is 1.81. The van der Waals surface area contributed by atoms with Gasteiger partial charge in [-0.2, -0.15) is 10.4 Å². The number of nitrogens with one attached hydrogen (secondary N) is 1. The Morgan fingerprint density at radius 2 is 2.12 bits per heavy atom. The number of aromatic nitrogens is 2. The molecule has 0 aliphatic heterocycles. The third kappa shape index (κ3) is 2.91. The molecule has 0 bridgehead atoms. The number of nitro groups is 1. The normalized spacial score (nSPS) is 10.3. The fourth-order valence-electron chi connectivity index (χ4n) is 2.31. The molecule has 8 nitrogen and oxygen atoms in total. The van der Waals surface area contributed by atoms with Crippen LogP contribution in [0.15, 0.2) is 48.7 Å². The van der Waals surface area contributed by atoms with Crippen LogP contribution in [0.25, 0.3) is 10.9 Å². The first kappa shape index (κ1) is 15.2. The predicted molar refractivity (Wildman–Crippen MR) is 85.0 cm³/mol. The molecule has 0 fully saturated rings. The largest absolute Gasteiger partial charge is 0.333 e. The zero-order valence-electron chi connectivity index (χ0n) is 12.3. The summed E-state index contributed by atoms with van der Waals surface area (Å²) in [6, 6.07) is 12.9. The van der Waals surface area contributed by atoms with Crippen LogP contribution in [0.2, 0.25) is 0 Å². The van der Waals surface area contributed by atoms with Crippen molar-refractivity contribution < 1.29 is 9.72 Å². The zero-order chi connectivity index (χ0) is 17.1. The molecule has 0 saturated heterocycles. The van der Waals surface area contributed by atoms with Crippen LogP contribution in [0.1, 0.15) is 15.9 Å². The van der Waals surface area contributed by atoms with Crippen LogP contribution in [0, 0.1) is 21.4 Å². The molecule has 1 aromatic heterocycles. The summed E-state index contributed by atoms with van der Waals surface area (Å²) in [6.07, 6.45) is 1.68. The van der Waals surface area contributed by atoms with Crippen molar-refractivity contribution in [1.29, 1.82) is 5.26 Å². The van der Waals surface area contributed by atoms with Crippen molar-refractivity contribution in [1.82, 2.24) is 15.1 Å². The summed E-state index contributed by atoms with van der Waals surface area (Å²) < 4.78 is 1.61. The van der Waals surface area contributed by atoms with Gasteiger partial charge in [0.25, 0.3) is 11.6 Å². The second-order valence-corrected chi connectivity index (χ2v) is 5.00. The van der Waals surface area contributed by atoms with Crippen molar-refractivity contribution in [2.45, 2.75) is 6.67 Å². The summed E-state index contributed by atoms with van der Waals surface area (Å²) in [4.78, 5) is 22.5. The maximum atomic E-state index is 12.2. The maximum absolute atomic E-state index is 12.2. The van der Waals surface area contributed by atoms with Crippen molar-refractivity contribution in [2.75, 3.05) is 0 Å². The van der Waals surface area contributed by atoms with E-state index in [1.54, 1.807) is 10.9 Å². The number of carbonyl (C=O) groups excluding carboxylic acids is 1. The fourth-order valence-corrected chi connectivity index (χ4v) is 2.31. The molecule has 0 spiro atoms. The van der Waals surface area contributed by atoms with Crippen molar-refractivity contribution in [3.05, 3.63) is 69.9 Å². The monoisotopic (exact) mass is 321 g/mol. The molecule has 3 rings (SSSR count). The van der Waals surface area contributed by atoms with Gasteiger partial charge in [0.2, 0.25) is 0 Å². The average molecular weight is 321 g/mol. The molecule has 8 heteroatoms. The van der Waals surface area contributed by atoms with Crippen LogP contribution in [-0.2, 0) is 6.67 Å². The Labute approximate surface area is 136 Å². The summed E-state index contributed by atoms with van der Waals surface area (Å²) >= 11 is 0. The number of nitriles is 1. The smallest absolute Gasteiger partial charge is 0.271 e. The summed E-state index contributed by atoms with van der Waals surface area (Å²) in [6.45, 7) is 0.108. The Morgan fingerprint density at radius 1 is 1.33 bits per heavy atom. The molecular formula is C16H11N5O3. The van der Waals surface area contributed by atoms with Crippen LogP contribution in [0.5, 0.6) is 0 Å². The molecular weight excluding hydrogens is 310 g/mol. The van der Waals surface area contributed by atoms with E-state index in [1.807, 2.05) is 30.3 Å². The van der Waals surface area contributed by atoms with Gasteiger partial charge in [-0.25, -0.2) is 4.68 Å². The maximum Gasteiger partial charge on any atom is 0.271 e. The topological polar surface area (TPSA) is 114 Å². The number of para-hydroxylation sites is 1. The van der Waals surface area contributed by atoms with Crippen molar-refractivity contribution in [3.8, 4) is 6.07 Å². The number of nitrogens with zero attached hydrogens (tertiary/aromatic N) is 4. The van der Waals surface area contributed by atoms with Gasteiger partial charge in [-0.15, -0.1) is 0 Å². The number of nitro benzene ring substituents is 1. The van der Waals surface area contributed by atoms with Gasteiger partial charge in [0, 0.05) is 23.1 Å². The fraction of sp³-hybridized carbons (Fsp3) is 0.0625. The van der Waals surface area contributed by atoms with E-state index in [0.717, 1.165) is 23.0 Å². The van der Waals surface area contributed by atoms with Gasteiger partial charge in [-0.1, -0.05) is 18.2 Å². The molecule has 1 N–H and O–H groups in total. The highest BCUT2D eigenvalue weighted by atomic mass is 16.6. The molecule has 24 heavy (non-hydrogen) atoms. The van der Waals surface area contributed by atoms with E-state index in [9.17, 15) is 14.9 Å². The van der Waals surface area contributed by atoms with E-state index in [1.165, 1.54) is 6.07 Å². The first-order chi connectivity index (χ1) is 11.6. The van der Waals surface area contributed by atoms with E-state index in [2.05, 4.69) is 10.4 Å². The molecule has 3 aromatic rings. The molecule has 1 amide bonds. The molecule has 1 heterocycles. The number of hydrogen-bond acceptors (Lipinski definition) is 5. The summed E-state index contributed by atoms with van der Waals surface area (Å²) in [5.74, 6) is -0.519. The summed E-state index contributed by atoms with van der Waals surface area (Å²) in [5.41, 5.74) is 0.661. The van der Waals surface area contributed by atoms with Crippen LogP contribution in [-0.4, -0.2) is 20.6 Å². The standard InChI is InChI=1S/C16H11N5O3/c17-8-11-5-13(7-14(6-11)21(23)24)16(22)18-10-20-15-4-2-1-3-12(15)9-19-20/h1-7,9H,10H2,(H,18,22). The minimum atomic E-state index is -0.640. The lowest BCUT2D eigenvalue weighted by Gasteiger charge is -2.07. The predicted octanol–water partition coefficient (Wildman–Crippen LogP) is 2.20. The van der Waals surface area contributed by atoms with Gasteiger partial charge in [-0.3, -0.25) is 14.9 Å². The Kier molecular flexibility index (Phi) is 3.91. The summed E-state index contributed by atoms with van der Waals surface area (Å²) in [5, 5.41) is 27.6. The van der Waals surface area contributed by atoms with Crippen molar-refractivity contribution >= 4 is 22.5 Å². The highest BCUT2D eigenvalue weighted by molar-refractivity contribution is 5.95. The first-order valence-electron chi connectivity index (χ1n) is 6.97. The number of benzene rings is 2. The van der Waals surface area contributed by atoms with E-state index >= 15 is 0 Å². The van der Waals surface area contributed by atoms with Gasteiger partial charge < -0.3 is 5.32 Å². The minimum Gasteiger partial charge on any atom is -0.333 e. The minimum absolute atomic E-state index is 0.0530. The molecule has 0 aliphatic rings. The number of hydrogen-bond donors (Lipinski definition) is 1. The van der Waals surface area contributed by atoms with Gasteiger partial charge in [0.1, 0.15) is 6.67 Å². The van der Waals surface area contributed by atoms with Gasteiger partial charge in [0.05, 0.1) is 28.3 Å². The lowest BCUT2D eigenvalue weighted by atomic mass is 10.1. The van der Waals surface area contributed by atoms with E-state index < -0.39 is 10.8 Å². The van der Waals surface area contributed by atoms with Gasteiger partial charge in [0.15, 0.2) is 0 Å². The van der Waals surface area contributed by atoms with E-state index in [0.29, 0.717) is 0 Å². The number of carbonyl (C=O) groups is 1. The highest BCUT2D eigenvalue weighted by Crippen LogP contribution is 2.17. The zero-order valence-corrected chi connectivity index (χ0v) is 12.3. The Morgan fingerprint density at radius 3 is 2.88 bits per heavy atom. The quantitative estimate of drug-likeness (QED) is 0.584. The van der Waals surface area contributed by atoms with Crippen LogP contribution in [0.3, 0.4) is 0 Å². The van der Waals surface area contributed by atoms with Crippen molar-refractivity contribution in [3.63, 3.8) is 0 Å². The molecule has 0 atom stereocenters. The van der Waals surface area contributed by atoms with Crippen LogP contribution in [0.4, 0.5) is 5.69 Å². The number of rotatable bonds is 4. The van der Waals surface area contributed by atoms with Crippen LogP contribution < -0.4 is 5.32 Å².